The second-order valence-corrected chi connectivity index (χ2v) is 7.64. The third-order valence-corrected chi connectivity index (χ3v) is 5.98. The SMILES string of the molecule is C[C@H]1Oc2nc(N3C(=O)c4sccc4C3c3cccnc3)ccc2N(C)C1=O. The van der Waals surface area contributed by atoms with Gasteiger partial charge in [0, 0.05) is 25.0 Å². The zero-order valence-corrected chi connectivity index (χ0v) is 16.0. The molecule has 0 bridgehead atoms. The molecule has 0 saturated heterocycles. The molecule has 0 aromatic carbocycles. The Labute approximate surface area is 165 Å². The van der Waals surface area contributed by atoms with Crippen molar-refractivity contribution in [3.8, 4) is 5.88 Å². The molecule has 7 nitrogen and oxygen atoms in total. The Morgan fingerprint density at radius 3 is 2.82 bits per heavy atom. The van der Waals surface area contributed by atoms with Gasteiger partial charge < -0.3 is 9.64 Å². The molecule has 2 amide bonds. The van der Waals surface area contributed by atoms with E-state index in [1.54, 1.807) is 43.4 Å². The maximum atomic E-state index is 13.2. The smallest absolute Gasteiger partial charge is 0.270 e. The standard InChI is InChI=1S/C20H16N4O3S/c1-11-19(25)23(2)14-5-6-15(22-18(14)27-11)24-16(12-4-3-8-21-10-12)13-7-9-28-17(13)20(24)26/h3-11,16H,1-2H3/t11-,16?/m1/s1. The van der Waals surface area contributed by atoms with Crippen LogP contribution < -0.4 is 14.5 Å². The van der Waals surface area contributed by atoms with E-state index in [1.165, 1.54) is 16.2 Å². The second-order valence-electron chi connectivity index (χ2n) is 6.72. The van der Waals surface area contributed by atoms with Gasteiger partial charge in [-0.3, -0.25) is 19.5 Å². The summed E-state index contributed by atoms with van der Waals surface area (Å²) in [4.78, 5) is 38.0. The summed E-state index contributed by atoms with van der Waals surface area (Å²) in [6.45, 7) is 1.69. The molecule has 1 unspecified atom stereocenters. The fourth-order valence-corrected chi connectivity index (χ4v) is 4.55. The Morgan fingerprint density at radius 2 is 2.04 bits per heavy atom. The van der Waals surface area contributed by atoms with Crippen LogP contribution in [0.3, 0.4) is 0 Å². The first-order valence-electron chi connectivity index (χ1n) is 8.82. The van der Waals surface area contributed by atoms with E-state index >= 15 is 0 Å². The van der Waals surface area contributed by atoms with Gasteiger partial charge in [0.2, 0.25) is 5.88 Å². The van der Waals surface area contributed by atoms with Crippen LogP contribution in [0.2, 0.25) is 0 Å². The Hall–Kier alpha value is -3.26. The molecular formula is C20H16N4O3S. The van der Waals surface area contributed by atoms with E-state index in [0.29, 0.717) is 22.3 Å². The van der Waals surface area contributed by atoms with Crippen LogP contribution in [-0.2, 0) is 4.79 Å². The molecule has 2 aliphatic heterocycles. The van der Waals surface area contributed by atoms with Crippen LogP contribution in [0.5, 0.6) is 5.88 Å². The van der Waals surface area contributed by atoms with Gasteiger partial charge in [0.15, 0.2) is 6.10 Å². The fourth-order valence-electron chi connectivity index (χ4n) is 3.69. The highest BCUT2D eigenvalue weighted by atomic mass is 32.1. The van der Waals surface area contributed by atoms with Crippen molar-refractivity contribution in [2.24, 2.45) is 0 Å². The first kappa shape index (κ1) is 16.9. The lowest BCUT2D eigenvalue weighted by Gasteiger charge is -2.31. The number of thiophene rings is 1. The predicted octanol–water partition coefficient (Wildman–Crippen LogP) is 3.03. The Morgan fingerprint density at radius 1 is 1.18 bits per heavy atom. The maximum absolute atomic E-state index is 13.2. The minimum atomic E-state index is -0.620. The fraction of sp³-hybridized carbons (Fsp3) is 0.200. The minimum absolute atomic E-state index is 0.0976. The van der Waals surface area contributed by atoms with Gasteiger partial charge in [0.1, 0.15) is 11.5 Å². The number of carbonyl (C=O) groups is 2. The van der Waals surface area contributed by atoms with Gasteiger partial charge in [-0.2, -0.15) is 4.98 Å². The number of amides is 2. The zero-order chi connectivity index (χ0) is 19.4. The quantitative estimate of drug-likeness (QED) is 0.670. The molecule has 2 aliphatic rings. The van der Waals surface area contributed by atoms with E-state index in [1.807, 2.05) is 23.6 Å². The number of carbonyl (C=O) groups excluding carboxylic acids is 2. The zero-order valence-electron chi connectivity index (χ0n) is 15.2. The molecule has 0 N–H and O–H groups in total. The largest absolute Gasteiger partial charge is 0.463 e. The Balaban J connectivity index is 1.62. The average molecular weight is 392 g/mol. The van der Waals surface area contributed by atoms with E-state index < -0.39 is 6.10 Å². The van der Waals surface area contributed by atoms with Crippen molar-refractivity contribution in [3.63, 3.8) is 0 Å². The predicted molar refractivity (Wildman–Crippen MR) is 105 cm³/mol. The number of hydrogen-bond acceptors (Lipinski definition) is 6. The van der Waals surface area contributed by atoms with Gasteiger partial charge in [-0.1, -0.05) is 6.07 Å². The van der Waals surface area contributed by atoms with E-state index in [0.717, 1.165) is 11.1 Å². The van der Waals surface area contributed by atoms with E-state index in [9.17, 15) is 9.59 Å². The third kappa shape index (κ3) is 2.34. The molecule has 5 rings (SSSR count). The average Bonchev–Trinajstić information content (AvgIpc) is 3.28. The van der Waals surface area contributed by atoms with Crippen molar-refractivity contribution < 1.29 is 14.3 Å². The summed E-state index contributed by atoms with van der Waals surface area (Å²) >= 11 is 1.42. The number of nitrogens with zero attached hydrogens (tertiary/aromatic N) is 4. The highest BCUT2D eigenvalue weighted by Crippen LogP contribution is 2.44. The lowest BCUT2D eigenvalue weighted by atomic mass is 10.0. The van der Waals surface area contributed by atoms with E-state index in [-0.39, 0.29) is 17.9 Å². The summed E-state index contributed by atoms with van der Waals surface area (Å²) in [5.41, 5.74) is 2.45. The molecule has 0 fully saturated rings. The van der Waals surface area contributed by atoms with E-state index in [2.05, 4.69) is 9.97 Å². The molecule has 8 heteroatoms. The number of anilines is 2. The number of aromatic nitrogens is 2. The molecule has 0 aliphatic carbocycles. The van der Waals surface area contributed by atoms with Crippen molar-refractivity contribution in [3.05, 3.63) is 64.1 Å². The lowest BCUT2D eigenvalue weighted by Crippen LogP contribution is -2.42. The summed E-state index contributed by atoms with van der Waals surface area (Å²) < 4.78 is 5.70. The number of hydrogen-bond donors (Lipinski definition) is 0. The first-order valence-corrected chi connectivity index (χ1v) is 9.70. The molecule has 3 aromatic heterocycles. The van der Waals surface area contributed by atoms with Crippen LogP contribution in [0.4, 0.5) is 11.5 Å². The van der Waals surface area contributed by atoms with Gasteiger partial charge in [-0.15, -0.1) is 11.3 Å². The molecule has 0 radical (unpaired) electrons. The maximum Gasteiger partial charge on any atom is 0.270 e. The number of likely N-dealkylation sites (N-methyl/N-ethyl adjacent to an activating group) is 1. The number of fused-ring (bicyclic) bond motifs is 2. The summed E-state index contributed by atoms with van der Waals surface area (Å²) in [6.07, 6.45) is 2.85. The molecule has 2 atom stereocenters. The van der Waals surface area contributed by atoms with Gasteiger partial charge in [-0.25, -0.2) is 0 Å². The molecular weight excluding hydrogens is 376 g/mol. The van der Waals surface area contributed by atoms with Crippen molar-refractivity contribution >= 4 is 34.7 Å². The van der Waals surface area contributed by atoms with Crippen molar-refractivity contribution in [2.45, 2.75) is 19.1 Å². The highest BCUT2D eigenvalue weighted by molar-refractivity contribution is 7.12. The number of ether oxygens (including phenoxy) is 1. The summed E-state index contributed by atoms with van der Waals surface area (Å²) in [5, 5.41) is 1.93. The molecule has 0 saturated carbocycles. The molecule has 5 heterocycles. The minimum Gasteiger partial charge on any atom is -0.463 e. The van der Waals surface area contributed by atoms with Gasteiger partial charge in [-0.05, 0) is 42.1 Å². The van der Waals surface area contributed by atoms with Gasteiger partial charge >= 0.3 is 0 Å². The molecule has 140 valence electrons. The monoisotopic (exact) mass is 392 g/mol. The number of pyridine rings is 2. The van der Waals surface area contributed by atoms with Crippen LogP contribution >= 0.6 is 11.3 Å². The lowest BCUT2D eigenvalue weighted by molar-refractivity contribution is -0.125. The Kier molecular flexibility index (Phi) is 3.70. The summed E-state index contributed by atoms with van der Waals surface area (Å²) in [6, 6.07) is 9.00. The van der Waals surface area contributed by atoms with Gasteiger partial charge in [0.25, 0.3) is 11.8 Å². The van der Waals surface area contributed by atoms with Gasteiger partial charge in [0.05, 0.1) is 10.9 Å². The van der Waals surface area contributed by atoms with Crippen LogP contribution in [0.1, 0.15) is 33.8 Å². The molecule has 3 aromatic rings. The normalized spacial score (nSPS) is 20.8. The van der Waals surface area contributed by atoms with Crippen molar-refractivity contribution in [2.75, 3.05) is 16.8 Å². The van der Waals surface area contributed by atoms with Crippen LogP contribution in [0, 0.1) is 0 Å². The van der Waals surface area contributed by atoms with Crippen LogP contribution in [0.25, 0.3) is 0 Å². The third-order valence-electron chi connectivity index (χ3n) is 5.06. The van der Waals surface area contributed by atoms with E-state index in [4.69, 9.17) is 4.74 Å². The van der Waals surface area contributed by atoms with Crippen molar-refractivity contribution in [1.29, 1.82) is 0 Å². The first-order chi connectivity index (χ1) is 13.6. The molecule has 28 heavy (non-hydrogen) atoms. The van der Waals surface area contributed by atoms with Crippen LogP contribution in [0.15, 0.2) is 48.1 Å². The topological polar surface area (TPSA) is 75.6 Å². The van der Waals surface area contributed by atoms with Crippen molar-refractivity contribution in [1.82, 2.24) is 9.97 Å². The molecule has 0 spiro atoms. The number of rotatable bonds is 2. The van der Waals surface area contributed by atoms with Crippen LogP contribution in [-0.4, -0.2) is 34.9 Å². The second kappa shape index (κ2) is 6.13. The highest BCUT2D eigenvalue weighted by Gasteiger charge is 2.41. The summed E-state index contributed by atoms with van der Waals surface area (Å²) in [7, 11) is 1.69. The summed E-state index contributed by atoms with van der Waals surface area (Å²) in [5.74, 6) is 0.602. The Bertz CT molecular complexity index is 1100.